The largest absolute Gasteiger partial charge is 0.464 e. The van der Waals surface area contributed by atoms with Crippen molar-refractivity contribution in [3.8, 4) is 0 Å². The van der Waals surface area contributed by atoms with Crippen molar-refractivity contribution in [2.45, 2.75) is 51.8 Å². The molecule has 1 atom stereocenters. The Kier molecular flexibility index (Phi) is 7.47. The second kappa shape index (κ2) is 10.2. The molecule has 1 fully saturated rings. The molecule has 0 aliphatic carbocycles. The molecule has 1 aliphatic rings. The number of ketones is 1. The summed E-state index contributed by atoms with van der Waals surface area (Å²) < 4.78 is 65.6. The number of carbonyl (C=O) groups is 2. The number of nitrogens with one attached hydrogen (secondary N) is 1. The van der Waals surface area contributed by atoms with Crippen molar-refractivity contribution in [1.82, 2.24) is 19.1 Å². The monoisotopic (exact) mass is 615 g/mol. The van der Waals surface area contributed by atoms with Gasteiger partial charge in [0.05, 0.1) is 22.2 Å². The van der Waals surface area contributed by atoms with Crippen molar-refractivity contribution in [3.05, 3.63) is 51.8 Å². The Labute approximate surface area is 225 Å². The van der Waals surface area contributed by atoms with Gasteiger partial charge in [-0.05, 0) is 74.2 Å². The molecule has 11 nitrogen and oxygen atoms in total. The number of pyridine rings is 1. The summed E-state index contributed by atoms with van der Waals surface area (Å²) in [7, 11) is -4.87. The predicted octanol–water partition coefficient (Wildman–Crippen LogP) is 4.84. The van der Waals surface area contributed by atoms with Gasteiger partial charge in [-0.25, -0.2) is 23.2 Å². The lowest BCUT2D eigenvalue weighted by atomic mass is 10.0. The minimum Gasteiger partial charge on any atom is -0.464 e. The maximum Gasteiger partial charge on any atom is 0.422 e. The fraction of sp³-hybridized carbons (Fsp3) is 0.391. The van der Waals surface area contributed by atoms with Gasteiger partial charge in [0.2, 0.25) is 5.78 Å². The number of aromatic nitrogens is 3. The maximum atomic E-state index is 15.6. The summed E-state index contributed by atoms with van der Waals surface area (Å²) in [5, 5.41) is 13.9. The third-order valence-electron chi connectivity index (χ3n) is 5.74. The molecule has 1 aliphatic heterocycles. The Morgan fingerprint density at radius 3 is 2.58 bits per heavy atom. The van der Waals surface area contributed by atoms with E-state index in [0.717, 1.165) is 18.9 Å². The van der Waals surface area contributed by atoms with Crippen LogP contribution >= 0.6 is 15.9 Å². The van der Waals surface area contributed by atoms with Crippen molar-refractivity contribution in [2.24, 2.45) is 0 Å². The number of carbonyl (C=O) groups excluding carboxylic acids is 1. The third kappa shape index (κ3) is 5.22. The van der Waals surface area contributed by atoms with Gasteiger partial charge in [0.25, 0.3) is 0 Å². The van der Waals surface area contributed by atoms with Gasteiger partial charge < -0.3 is 9.84 Å². The van der Waals surface area contributed by atoms with E-state index in [0.29, 0.717) is 23.6 Å². The predicted molar refractivity (Wildman–Crippen MR) is 136 cm³/mol. The van der Waals surface area contributed by atoms with Gasteiger partial charge in [0.15, 0.2) is 17.7 Å². The first-order valence-electron chi connectivity index (χ1n) is 11.5. The van der Waals surface area contributed by atoms with Crippen LogP contribution < -0.4 is 4.72 Å². The molecule has 1 amide bonds. The quantitative estimate of drug-likeness (QED) is 0.375. The lowest BCUT2D eigenvalue weighted by Gasteiger charge is -2.32. The van der Waals surface area contributed by atoms with Gasteiger partial charge in [-0.3, -0.25) is 9.52 Å². The molecule has 1 saturated heterocycles. The fourth-order valence-electron chi connectivity index (χ4n) is 4.18. The van der Waals surface area contributed by atoms with E-state index in [4.69, 9.17) is 4.74 Å². The number of halogens is 3. The molecule has 3 heterocycles. The highest BCUT2D eigenvalue weighted by molar-refractivity contribution is 9.10. The van der Waals surface area contributed by atoms with E-state index >= 15 is 4.39 Å². The number of fused-ring (bicyclic) bond motifs is 1. The summed E-state index contributed by atoms with van der Waals surface area (Å²) in [5.74, 6) is -3.95. The topological polar surface area (TPSA) is 144 Å². The van der Waals surface area contributed by atoms with Crippen LogP contribution in [-0.2, 0) is 14.9 Å². The van der Waals surface area contributed by atoms with Crippen LogP contribution in [0.3, 0.4) is 0 Å². The average molecular weight is 616 g/mol. The molecule has 0 bridgehead atoms. The van der Waals surface area contributed by atoms with Gasteiger partial charge in [0, 0.05) is 17.3 Å². The van der Waals surface area contributed by atoms with Crippen molar-refractivity contribution in [3.63, 3.8) is 0 Å². The summed E-state index contributed by atoms with van der Waals surface area (Å²) in [6.45, 7) is 4.43. The van der Waals surface area contributed by atoms with Crippen LogP contribution in [0.5, 0.6) is 0 Å². The number of hydrogen-bond acceptors (Lipinski definition) is 7. The van der Waals surface area contributed by atoms with E-state index in [-0.39, 0.29) is 21.0 Å². The minimum absolute atomic E-state index is 0.0901. The normalized spacial score (nSPS) is 16.4. The SMILES string of the molecule is CC(C)(C)N(C(=O)O)S(=O)(=O)Nc1ccc(F)c(C(=O)c2nn(C3CCCCO3)c3ncc(Br)cc23)c1F. The summed E-state index contributed by atoms with van der Waals surface area (Å²) in [6.07, 6.45) is 1.43. The molecule has 2 N–H and O–H groups in total. The first-order valence-corrected chi connectivity index (χ1v) is 13.7. The van der Waals surface area contributed by atoms with E-state index in [1.807, 2.05) is 4.72 Å². The van der Waals surface area contributed by atoms with Crippen LogP contribution in [0.15, 0.2) is 28.9 Å². The molecule has 204 valence electrons. The Morgan fingerprint density at radius 1 is 1.26 bits per heavy atom. The maximum absolute atomic E-state index is 15.6. The number of carboxylic acid groups (broad SMARTS) is 1. The number of nitrogens with zero attached hydrogens (tertiary/aromatic N) is 4. The molecule has 4 rings (SSSR count). The fourth-order valence-corrected chi connectivity index (χ4v) is 5.96. The van der Waals surface area contributed by atoms with Gasteiger partial charge in [-0.2, -0.15) is 17.8 Å². The molecule has 2 aromatic heterocycles. The van der Waals surface area contributed by atoms with E-state index in [2.05, 4.69) is 26.0 Å². The van der Waals surface area contributed by atoms with Crippen molar-refractivity contribution in [1.29, 1.82) is 0 Å². The first kappa shape index (κ1) is 27.9. The molecule has 38 heavy (non-hydrogen) atoms. The molecule has 0 spiro atoms. The van der Waals surface area contributed by atoms with E-state index in [1.165, 1.54) is 37.7 Å². The van der Waals surface area contributed by atoms with Crippen molar-refractivity contribution in [2.75, 3.05) is 11.3 Å². The molecular formula is C23H24BrF2N5O6S. The Balaban J connectivity index is 1.80. The third-order valence-corrected chi connectivity index (χ3v) is 7.83. The summed E-state index contributed by atoms with van der Waals surface area (Å²) in [5.41, 5.74) is -3.37. The van der Waals surface area contributed by atoms with Crippen LogP contribution in [0.25, 0.3) is 11.0 Å². The van der Waals surface area contributed by atoms with Crippen LogP contribution in [-0.4, -0.2) is 56.6 Å². The molecule has 15 heteroatoms. The average Bonchev–Trinajstić information content (AvgIpc) is 3.18. The van der Waals surface area contributed by atoms with Gasteiger partial charge in [-0.1, -0.05) is 0 Å². The molecule has 3 aromatic rings. The number of amides is 1. The number of anilines is 1. The van der Waals surface area contributed by atoms with Crippen LogP contribution in [0.2, 0.25) is 0 Å². The van der Waals surface area contributed by atoms with Crippen LogP contribution in [0.1, 0.15) is 62.3 Å². The smallest absolute Gasteiger partial charge is 0.422 e. The van der Waals surface area contributed by atoms with Gasteiger partial charge in [-0.15, -0.1) is 0 Å². The number of ether oxygens (including phenoxy) is 1. The van der Waals surface area contributed by atoms with Gasteiger partial charge in [0.1, 0.15) is 11.5 Å². The van der Waals surface area contributed by atoms with E-state index in [1.54, 1.807) is 0 Å². The molecular weight excluding hydrogens is 592 g/mol. The zero-order valence-corrected chi connectivity index (χ0v) is 22.9. The highest BCUT2D eigenvalue weighted by Gasteiger charge is 2.38. The summed E-state index contributed by atoms with van der Waals surface area (Å²) in [6, 6.07) is 2.98. The van der Waals surface area contributed by atoms with E-state index < -0.39 is 56.7 Å². The zero-order chi connectivity index (χ0) is 28.0. The van der Waals surface area contributed by atoms with Crippen LogP contribution in [0.4, 0.5) is 19.3 Å². The Hall–Kier alpha value is -3.17. The minimum atomic E-state index is -4.87. The lowest BCUT2D eigenvalue weighted by Crippen LogP contribution is -2.51. The van der Waals surface area contributed by atoms with Crippen LogP contribution in [0, 0.1) is 11.6 Å². The summed E-state index contributed by atoms with van der Waals surface area (Å²) >= 11 is 3.27. The Morgan fingerprint density at radius 2 is 1.97 bits per heavy atom. The molecule has 1 aromatic carbocycles. The van der Waals surface area contributed by atoms with E-state index in [9.17, 15) is 27.5 Å². The summed E-state index contributed by atoms with van der Waals surface area (Å²) in [4.78, 5) is 29.4. The standard InChI is InChI=1S/C23H24BrF2N5O6S/c1-23(2,3)31(22(33)34)38(35,36)29-15-8-7-14(25)17(18(15)26)20(32)19-13-10-12(24)11-27-21(13)30(28-19)16-6-4-5-9-37-16/h7-8,10-11,16,29H,4-6,9H2,1-3H3,(H,33,34). The number of rotatable bonds is 6. The second-order valence-corrected chi connectivity index (χ2v) is 12.0. The lowest BCUT2D eigenvalue weighted by molar-refractivity contribution is -0.0371. The molecule has 0 radical (unpaired) electrons. The van der Waals surface area contributed by atoms with Crippen molar-refractivity contribution >= 4 is 54.7 Å². The first-order chi connectivity index (χ1) is 17.7. The Bertz CT molecular complexity index is 1530. The number of benzene rings is 1. The molecule has 1 unspecified atom stereocenters. The highest BCUT2D eigenvalue weighted by atomic mass is 79.9. The molecule has 0 saturated carbocycles. The zero-order valence-electron chi connectivity index (χ0n) is 20.5. The second-order valence-electron chi connectivity index (χ2n) is 9.58. The highest BCUT2D eigenvalue weighted by Crippen LogP contribution is 2.32. The van der Waals surface area contributed by atoms with Crippen molar-refractivity contribution < 1.29 is 36.6 Å². The van der Waals surface area contributed by atoms with Gasteiger partial charge >= 0.3 is 16.3 Å². The number of hydrogen-bond donors (Lipinski definition) is 2.